The van der Waals surface area contributed by atoms with Gasteiger partial charge in [0.2, 0.25) is 0 Å². The van der Waals surface area contributed by atoms with Crippen LogP contribution in [0, 0.1) is 11.6 Å². The first-order valence-electron chi connectivity index (χ1n) is 7.46. The van der Waals surface area contributed by atoms with Crippen LogP contribution in [0.5, 0.6) is 0 Å². The fraction of sp³-hybridized carbons (Fsp3) is 0.176. The van der Waals surface area contributed by atoms with Gasteiger partial charge in [-0.2, -0.15) is 0 Å². The van der Waals surface area contributed by atoms with E-state index in [0.717, 1.165) is 30.2 Å². The summed E-state index contributed by atoms with van der Waals surface area (Å²) in [6, 6.07) is 11.5. The molecule has 4 nitrogen and oxygen atoms in total. The fourth-order valence-corrected chi connectivity index (χ4v) is 3.19. The van der Waals surface area contributed by atoms with E-state index in [0.29, 0.717) is 11.2 Å². The molecule has 3 rings (SSSR count). The molecule has 1 heterocycles. The molecule has 2 amide bonds. The highest BCUT2D eigenvalue weighted by atomic mass is 32.1. The van der Waals surface area contributed by atoms with Gasteiger partial charge in [-0.1, -0.05) is 41.7 Å². The summed E-state index contributed by atoms with van der Waals surface area (Å²) < 4.78 is 27.1. The van der Waals surface area contributed by atoms with E-state index < -0.39 is 17.7 Å². The number of rotatable bonds is 5. The number of halogens is 2. The zero-order chi connectivity index (χ0) is 16.9. The zero-order valence-electron chi connectivity index (χ0n) is 12.7. The summed E-state index contributed by atoms with van der Waals surface area (Å²) in [5.41, 5.74) is 1.27. The molecule has 0 saturated carbocycles. The Hall–Kier alpha value is -2.54. The molecular formula is C17H15F2N3OS. The monoisotopic (exact) mass is 347 g/mol. The molecule has 0 spiro atoms. The third-order valence-corrected chi connectivity index (χ3v) is 4.32. The largest absolute Gasteiger partial charge is 0.338 e. The van der Waals surface area contributed by atoms with Crippen molar-refractivity contribution in [1.29, 1.82) is 0 Å². The Morgan fingerprint density at radius 1 is 1.17 bits per heavy atom. The molecule has 1 aromatic heterocycles. The quantitative estimate of drug-likeness (QED) is 0.675. The minimum absolute atomic E-state index is 0.0563. The summed E-state index contributed by atoms with van der Waals surface area (Å²) >= 11 is 1.03. The lowest BCUT2D eigenvalue weighted by molar-refractivity contribution is 0.252. The summed E-state index contributed by atoms with van der Waals surface area (Å²) in [7, 11) is 0. The number of amides is 2. The lowest BCUT2D eigenvalue weighted by atomic mass is 10.1. The van der Waals surface area contributed by atoms with E-state index >= 15 is 0 Å². The van der Waals surface area contributed by atoms with Gasteiger partial charge in [-0.25, -0.2) is 18.6 Å². The standard InChI is InChI=1S/C17H15F2N3OS/c18-12-9-13(19)15-14(10-12)24-17(21-15)22-16(23)20-8-4-7-11-5-2-1-3-6-11/h1-3,5-6,9-10H,4,7-8H2,(H2,20,21,22,23). The van der Waals surface area contributed by atoms with Gasteiger partial charge in [-0.15, -0.1) is 0 Å². The number of nitrogens with zero attached hydrogens (tertiary/aromatic N) is 1. The number of hydrogen-bond donors (Lipinski definition) is 2. The Balaban J connectivity index is 1.51. The van der Waals surface area contributed by atoms with Crippen molar-refractivity contribution in [2.45, 2.75) is 12.8 Å². The van der Waals surface area contributed by atoms with Gasteiger partial charge in [0, 0.05) is 12.6 Å². The summed E-state index contributed by atoms with van der Waals surface area (Å²) in [5, 5.41) is 5.50. The van der Waals surface area contributed by atoms with Gasteiger partial charge in [0.1, 0.15) is 11.3 Å². The minimum atomic E-state index is -0.738. The topological polar surface area (TPSA) is 54.0 Å². The van der Waals surface area contributed by atoms with E-state index in [1.807, 2.05) is 30.3 Å². The Morgan fingerprint density at radius 3 is 2.75 bits per heavy atom. The third kappa shape index (κ3) is 4.05. The van der Waals surface area contributed by atoms with Crippen molar-refractivity contribution in [3.8, 4) is 0 Å². The van der Waals surface area contributed by atoms with Gasteiger partial charge in [-0.05, 0) is 24.5 Å². The molecule has 3 aromatic rings. The maximum atomic E-state index is 13.6. The van der Waals surface area contributed by atoms with Crippen LogP contribution in [0.25, 0.3) is 10.2 Å². The van der Waals surface area contributed by atoms with Crippen molar-refractivity contribution < 1.29 is 13.6 Å². The zero-order valence-corrected chi connectivity index (χ0v) is 13.5. The Morgan fingerprint density at radius 2 is 1.96 bits per heavy atom. The third-order valence-electron chi connectivity index (χ3n) is 3.40. The van der Waals surface area contributed by atoms with Crippen LogP contribution in [-0.2, 0) is 6.42 Å². The van der Waals surface area contributed by atoms with Gasteiger partial charge in [-0.3, -0.25) is 5.32 Å². The first-order chi connectivity index (χ1) is 11.6. The molecule has 0 saturated heterocycles. The molecule has 7 heteroatoms. The number of thiazole rings is 1. The number of aryl methyl sites for hydroxylation is 1. The van der Waals surface area contributed by atoms with Crippen molar-refractivity contribution in [3.05, 3.63) is 59.7 Å². The smallest absolute Gasteiger partial charge is 0.321 e. The summed E-state index contributed by atoms with van der Waals surface area (Å²) in [6.45, 7) is 0.509. The number of carbonyl (C=O) groups is 1. The first-order valence-corrected chi connectivity index (χ1v) is 8.28. The number of nitrogens with one attached hydrogen (secondary N) is 2. The molecule has 2 aromatic carbocycles. The van der Waals surface area contributed by atoms with Crippen LogP contribution in [0.1, 0.15) is 12.0 Å². The molecule has 0 aliphatic rings. The average molecular weight is 347 g/mol. The Labute approximate surface area is 141 Å². The summed E-state index contributed by atoms with van der Waals surface area (Å²) in [6.07, 6.45) is 1.67. The highest BCUT2D eigenvalue weighted by Gasteiger charge is 2.12. The van der Waals surface area contributed by atoms with Crippen LogP contribution >= 0.6 is 11.3 Å². The lowest BCUT2D eigenvalue weighted by Crippen LogP contribution is -2.29. The molecule has 0 aliphatic carbocycles. The van der Waals surface area contributed by atoms with E-state index in [1.165, 1.54) is 11.6 Å². The van der Waals surface area contributed by atoms with E-state index in [1.54, 1.807) is 0 Å². The first kappa shape index (κ1) is 16.3. The molecule has 0 unspecified atom stereocenters. The molecular weight excluding hydrogens is 332 g/mol. The highest BCUT2D eigenvalue weighted by molar-refractivity contribution is 7.22. The predicted octanol–water partition coefficient (Wildman–Crippen LogP) is 4.33. The second-order valence-electron chi connectivity index (χ2n) is 5.22. The van der Waals surface area contributed by atoms with E-state index in [4.69, 9.17) is 0 Å². The van der Waals surface area contributed by atoms with Crippen LogP contribution in [0.3, 0.4) is 0 Å². The van der Waals surface area contributed by atoms with Crippen LogP contribution in [0.15, 0.2) is 42.5 Å². The van der Waals surface area contributed by atoms with Crippen molar-refractivity contribution in [2.75, 3.05) is 11.9 Å². The molecule has 124 valence electrons. The van der Waals surface area contributed by atoms with E-state index in [-0.39, 0.29) is 10.6 Å². The number of aromatic nitrogens is 1. The SMILES string of the molecule is O=C(NCCCc1ccccc1)Nc1nc2c(F)cc(F)cc2s1. The van der Waals surface area contributed by atoms with Crippen LogP contribution in [0.4, 0.5) is 18.7 Å². The van der Waals surface area contributed by atoms with Crippen molar-refractivity contribution in [1.82, 2.24) is 10.3 Å². The van der Waals surface area contributed by atoms with Gasteiger partial charge in [0.15, 0.2) is 10.9 Å². The molecule has 0 atom stereocenters. The van der Waals surface area contributed by atoms with Crippen LogP contribution in [-0.4, -0.2) is 17.6 Å². The molecule has 2 N–H and O–H groups in total. The number of hydrogen-bond acceptors (Lipinski definition) is 3. The van der Waals surface area contributed by atoms with Crippen molar-refractivity contribution in [2.24, 2.45) is 0 Å². The number of benzene rings is 2. The second kappa shape index (κ2) is 7.35. The molecule has 0 radical (unpaired) electrons. The highest BCUT2D eigenvalue weighted by Crippen LogP contribution is 2.28. The number of urea groups is 1. The minimum Gasteiger partial charge on any atom is -0.338 e. The van der Waals surface area contributed by atoms with Crippen LogP contribution in [0.2, 0.25) is 0 Å². The molecule has 0 bridgehead atoms. The van der Waals surface area contributed by atoms with Gasteiger partial charge in [0.25, 0.3) is 0 Å². The molecule has 0 aliphatic heterocycles. The average Bonchev–Trinajstić information content (AvgIpc) is 2.95. The van der Waals surface area contributed by atoms with Crippen molar-refractivity contribution in [3.63, 3.8) is 0 Å². The van der Waals surface area contributed by atoms with Gasteiger partial charge < -0.3 is 5.32 Å². The Kier molecular flexibility index (Phi) is 5.00. The summed E-state index contributed by atoms with van der Waals surface area (Å²) in [5.74, 6) is -1.40. The normalized spacial score (nSPS) is 10.8. The maximum absolute atomic E-state index is 13.6. The van der Waals surface area contributed by atoms with Crippen molar-refractivity contribution >= 4 is 32.7 Å². The lowest BCUT2D eigenvalue weighted by Gasteiger charge is -2.05. The van der Waals surface area contributed by atoms with Gasteiger partial charge in [0.05, 0.1) is 4.70 Å². The van der Waals surface area contributed by atoms with Gasteiger partial charge >= 0.3 is 6.03 Å². The Bertz CT molecular complexity index is 852. The second-order valence-corrected chi connectivity index (χ2v) is 6.25. The molecule has 24 heavy (non-hydrogen) atoms. The van der Waals surface area contributed by atoms with E-state index in [9.17, 15) is 13.6 Å². The number of anilines is 1. The number of fused-ring (bicyclic) bond motifs is 1. The summed E-state index contributed by atoms with van der Waals surface area (Å²) in [4.78, 5) is 15.8. The molecule has 0 fully saturated rings. The maximum Gasteiger partial charge on any atom is 0.321 e. The van der Waals surface area contributed by atoms with Crippen LogP contribution < -0.4 is 10.6 Å². The number of carbonyl (C=O) groups excluding carboxylic acids is 1. The van der Waals surface area contributed by atoms with E-state index in [2.05, 4.69) is 15.6 Å². The fourth-order valence-electron chi connectivity index (χ4n) is 2.29. The predicted molar refractivity (Wildman–Crippen MR) is 91.3 cm³/mol.